The number of carbonyl (C=O) groups is 1. The standard InChI is InChI=1S/C13H12BrF2N3O/c1-2-10(12-17-3-4-18-12)19-13(20)11-8(15)5-7(14)6-9(11)16/h3-6,10H,2H2,1H3,(H,17,18)(H,19,20). The van der Waals surface area contributed by atoms with E-state index in [4.69, 9.17) is 0 Å². The lowest BCUT2D eigenvalue weighted by atomic mass is 10.1. The average Bonchev–Trinajstić information content (AvgIpc) is 2.88. The molecular weight excluding hydrogens is 332 g/mol. The molecule has 1 atom stereocenters. The number of nitrogens with one attached hydrogen (secondary N) is 2. The minimum Gasteiger partial charge on any atom is -0.347 e. The number of hydrogen-bond donors (Lipinski definition) is 2. The Morgan fingerprint density at radius 1 is 1.45 bits per heavy atom. The first-order valence-corrected chi connectivity index (χ1v) is 6.77. The first kappa shape index (κ1) is 14.6. The highest BCUT2D eigenvalue weighted by atomic mass is 79.9. The van der Waals surface area contributed by atoms with Crippen molar-refractivity contribution in [1.29, 1.82) is 0 Å². The maximum atomic E-state index is 13.7. The average molecular weight is 344 g/mol. The fraction of sp³-hybridized carbons (Fsp3) is 0.231. The summed E-state index contributed by atoms with van der Waals surface area (Å²) < 4.78 is 27.6. The van der Waals surface area contributed by atoms with Crippen LogP contribution in [0.1, 0.15) is 35.6 Å². The fourth-order valence-corrected chi connectivity index (χ4v) is 2.22. The van der Waals surface area contributed by atoms with Crippen LogP contribution >= 0.6 is 15.9 Å². The highest BCUT2D eigenvalue weighted by Gasteiger charge is 2.22. The van der Waals surface area contributed by atoms with Gasteiger partial charge in [0.1, 0.15) is 23.0 Å². The van der Waals surface area contributed by atoms with Crippen LogP contribution in [-0.2, 0) is 0 Å². The van der Waals surface area contributed by atoms with Crippen LogP contribution in [0.2, 0.25) is 0 Å². The first-order valence-electron chi connectivity index (χ1n) is 5.97. The number of rotatable bonds is 4. The molecule has 0 aliphatic heterocycles. The second-order valence-electron chi connectivity index (χ2n) is 4.15. The van der Waals surface area contributed by atoms with E-state index < -0.39 is 29.1 Å². The van der Waals surface area contributed by atoms with Crippen molar-refractivity contribution in [3.8, 4) is 0 Å². The molecule has 0 saturated heterocycles. The Morgan fingerprint density at radius 3 is 2.60 bits per heavy atom. The molecule has 0 bridgehead atoms. The molecule has 2 rings (SSSR count). The summed E-state index contributed by atoms with van der Waals surface area (Å²) in [5.41, 5.74) is -0.599. The van der Waals surface area contributed by atoms with Gasteiger partial charge < -0.3 is 10.3 Å². The quantitative estimate of drug-likeness (QED) is 0.894. The van der Waals surface area contributed by atoms with Crippen molar-refractivity contribution in [1.82, 2.24) is 15.3 Å². The van der Waals surface area contributed by atoms with Crippen LogP contribution in [0.5, 0.6) is 0 Å². The predicted octanol–water partition coefficient (Wildman–Crippen LogP) is 3.33. The van der Waals surface area contributed by atoms with Crippen LogP contribution < -0.4 is 5.32 Å². The number of imidazole rings is 1. The zero-order valence-electron chi connectivity index (χ0n) is 10.6. The van der Waals surface area contributed by atoms with Crippen molar-refractivity contribution in [2.45, 2.75) is 19.4 Å². The highest BCUT2D eigenvalue weighted by molar-refractivity contribution is 9.10. The number of nitrogens with zero attached hydrogens (tertiary/aromatic N) is 1. The van der Waals surface area contributed by atoms with E-state index >= 15 is 0 Å². The van der Waals surface area contributed by atoms with Crippen LogP contribution in [0.25, 0.3) is 0 Å². The first-order chi connectivity index (χ1) is 9.52. The zero-order chi connectivity index (χ0) is 14.7. The predicted molar refractivity (Wildman–Crippen MR) is 73.1 cm³/mol. The third-order valence-electron chi connectivity index (χ3n) is 2.80. The molecule has 0 fully saturated rings. The number of halogens is 3. The molecule has 2 aromatic rings. The van der Waals surface area contributed by atoms with Gasteiger partial charge in [0, 0.05) is 16.9 Å². The van der Waals surface area contributed by atoms with E-state index in [2.05, 4.69) is 31.2 Å². The van der Waals surface area contributed by atoms with Crippen LogP contribution in [0, 0.1) is 11.6 Å². The summed E-state index contributed by atoms with van der Waals surface area (Å²) in [6.07, 6.45) is 3.70. The summed E-state index contributed by atoms with van der Waals surface area (Å²) in [6, 6.07) is 1.66. The third-order valence-corrected chi connectivity index (χ3v) is 3.25. The van der Waals surface area contributed by atoms with Gasteiger partial charge in [0.15, 0.2) is 0 Å². The Kier molecular flexibility index (Phi) is 4.49. The molecule has 0 spiro atoms. The van der Waals surface area contributed by atoms with Crippen molar-refractivity contribution in [3.63, 3.8) is 0 Å². The molecule has 0 aliphatic carbocycles. The summed E-state index contributed by atoms with van der Waals surface area (Å²) in [7, 11) is 0. The van der Waals surface area contributed by atoms with Crippen molar-refractivity contribution in [2.75, 3.05) is 0 Å². The van der Waals surface area contributed by atoms with Gasteiger partial charge in [-0.1, -0.05) is 22.9 Å². The number of benzene rings is 1. The van der Waals surface area contributed by atoms with E-state index in [1.54, 1.807) is 12.4 Å². The van der Waals surface area contributed by atoms with Crippen molar-refractivity contribution in [3.05, 3.63) is 52.0 Å². The molecule has 4 nitrogen and oxygen atoms in total. The van der Waals surface area contributed by atoms with Gasteiger partial charge in [-0.25, -0.2) is 13.8 Å². The molecule has 0 aliphatic rings. The SMILES string of the molecule is CCC(NC(=O)c1c(F)cc(Br)cc1F)c1ncc[nH]1. The molecule has 1 unspecified atom stereocenters. The smallest absolute Gasteiger partial charge is 0.257 e. The van der Waals surface area contributed by atoms with E-state index in [9.17, 15) is 13.6 Å². The van der Waals surface area contributed by atoms with Crippen molar-refractivity contribution < 1.29 is 13.6 Å². The largest absolute Gasteiger partial charge is 0.347 e. The Bertz CT molecular complexity index is 593. The molecule has 1 aromatic carbocycles. The number of carbonyl (C=O) groups excluding carboxylic acids is 1. The van der Waals surface area contributed by atoms with Crippen LogP contribution in [0.4, 0.5) is 8.78 Å². The normalized spacial score (nSPS) is 12.2. The Hall–Kier alpha value is -1.76. The third kappa shape index (κ3) is 3.04. The monoisotopic (exact) mass is 343 g/mol. The molecule has 20 heavy (non-hydrogen) atoms. The van der Waals surface area contributed by atoms with Crippen LogP contribution in [0.3, 0.4) is 0 Å². The molecule has 2 N–H and O–H groups in total. The lowest BCUT2D eigenvalue weighted by Crippen LogP contribution is -2.30. The maximum absolute atomic E-state index is 13.7. The van der Waals surface area contributed by atoms with E-state index in [-0.39, 0.29) is 4.47 Å². The number of hydrogen-bond acceptors (Lipinski definition) is 2. The Morgan fingerprint density at radius 2 is 2.10 bits per heavy atom. The van der Waals surface area contributed by atoms with Gasteiger partial charge in [0.2, 0.25) is 0 Å². The van der Waals surface area contributed by atoms with E-state index in [1.807, 2.05) is 6.92 Å². The second-order valence-corrected chi connectivity index (χ2v) is 5.07. The van der Waals surface area contributed by atoms with Crippen LogP contribution in [-0.4, -0.2) is 15.9 Å². The molecule has 1 aromatic heterocycles. The van der Waals surface area contributed by atoms with Gasteiger partial charge in [0.25, 0.3) is 5.91 Å². The number of aromatic amines is 1. The van der Waals surface area contributed by atoms with E-state index in [0.29, 0.717) is 12.2 Å². The summed E-state index contributed by atoms with van der Waals surface area (Å²) in [4.78, 5) is 18.9. The lowest BCUT2D eigenvalue weighted by molar-refractivity contribution is 0.0925. The van der Waals surface area contributed by atoms with Gasteiger partial charge in [-0.15, -0.1) is 0 Å². The minimum absolute atomic E-state index is 0.238. The number of aromatic nitrogens is 2. The Labute approximate surface area is 122 Å². The fourth-order valence-electron chi connectivity index (χ4n) is 1.82. The minimum atomic E-state index is -0.913. The summed E-state index contributed by atoms with van der Waals surface area (Å²) in [6.45, 7) is 1.84. The van der Waals surface area contributed by atoms with E-state index in [1.165, 1.54) is 0 Å². The van der Waals surface area contributed by atoms with Crippen molar-refractivity contribution in [2.24, 2.45) is 0 Å². The maximum Gasteiger partial charge on any atom is 0.257 e. The molecule has 106 valence electrons. The summed E-state index contributed by atoms with van der Waals surface area (Å²) >= 11 is 2.97. The molecule has 1 heterocycles. The molecule has 0 saturated carbocycles. The molecule has 0 radical (unpaired) electrons. The number of H-pyrrole nitrogens is 1. The summed E-state index contributed by atoms with van der Waals surface area (Å²) in [5, 5.41) is 2.56. The topological polar surface area (TPSA) is 57.8 Å². The number of amides is 1. The van der Waals surface area contributed by atoms with Gasteiger partial charge in [0.05, 0.1) is 6.04 Å². The Balaban J connectivity index is 2.24. The van der Waals surface area contributed by atoms with Gasteiger partial charge in [-0.3, -0.25) is 4.79 Å². The molecule has 7 heteroatoms. The van der Waals surface area contributed by atoms with E-state index in [0.717, 1.165) is 12.1 Å². The van der Waals surface area contributed by atoms with Gasteiger partial charge >= 0.3 is 0 Å². The van der Waals surface area contributed by atoms with Crippen molar-refractivity contribution >= 4 is 21.8 Å². The second kappa shape index (κ2) is 6.13. The molecule has 1 amide bonds. The van der Waals surface area contributed by atoms with Gasteiger partial charge in [-0.2, -0.15) is 0 Å². The molecular formula is C13H12BrF2N3O. The van der Waals surface area contributed by atoms with Crippen LogP contribution in [0.15, 0.2) is 29.0 Å². The zero-order valence-corrected chi connectivity index (χ0v) is 12.2. The van der Waals surface area contributed by atoms with Gasteiger partial charge in [-0.05, 0) is 18.6 Å². The lowest BCUT2D eigenvalue weighted by Gasteiger charge is -2.15. The summed E-state index contributed by atoms with van der Waals surface area (Å²) in [5.74, 6) is -2.10. The highest BCUT2D eigenvalue weighted by Crippen LogP contribution is 2.21.